The Balaban J connectivity index is 1.40. The average molecular weight is 533 g/mol. The van der Waals surface area contributed by atoms with Crippen LogP contribution in [0.15, 0.2) is 47.3 Å². The van der Waals surface area contributed by atoms with Crippen LogP contribution in [0.3, 0.4) is 0 Å². The van der Waals surface area contributed by atoms with Crippen LogP contribution < -0.4 is 10.2 Å². The van der Waals surface area contributed by atoms with Crippen molar-refractivity contribution in [2.75, 3.05) is 23.3 Å². The molecule has 0 aliphatic carbocycles. The SMILES string of the molecule is Cc1cc(-c2nc(C(=O)Nc3cc4cn(C)nc4cc3N3CC[C@H](O[Si](C)(C)C(C)(C)C)C3)co2)ccn1. The van der Waals surface area contributed by atoms with Crippen molar-refractivity contribution in [1.29, 1.82) is 0 Å². The Morgan fingerprint density at radius 2 is 2.03 bits per heavy atom. The van der Waals surface area contributed by atoms with Crippen LogP contribution in [0.5, 0.6) is 0 Å². The zero-order valence-corrected chi connectivity index (χ0v) is 24.2. The number of aryl methyl sites for hydroxylation is 2. The summed E-state index contributed by atoms with van der Waals surface area (Å²) in [7, 11) is 0.00867. The molecule has 9 nitrogen and oxygen atoms in total. The Hall–Kier alpha value is -3.50. The van der Waals surface area contributed by atoms with E-state index in [2.05, 4.69) is 59.1 Å². The Kier molecular flexibility index (Phi) is 6.64. The van der Waals surface area contributed by atoms with E-state index in [0.29, 0.717) is 11.6 Å². The van der Waals surface area contributed by atoms with Crippen LogP contribution in [0.25, 0.3) is 22.4 Å². The summed E-state index contributed by atoms with van der Waals surface area (Å²) in [5.74, 6) is 0.0530. The maximum Gasteiger partial charge on any atom is 0.277 e. The van der Waals surface area contributed by atoms with Crippen molar-refractivity contribution < 1.29 is 13.6 Å². The van der Waals surface area contributed by atoms with Crippen LogP contribution in [0, 0.1) is 6.92 Å². The Labute approximate surface area is 224 Å². The second kappa shape index (κ2) is 9.67. The van der Waals surface area contributed by atoms with E-state index in [-0.39, 0.29) is 22.7 Å². The van der Waals surface area contributed by atoms with Crippen molar-refractivity contribution >= 4 is 36.5 Å². The first-order chi connectivity index (χ1) is 17.9. The van der Waals surface area contributed by atoms with Gasteiger partial charge in [-0.3, -0.25) is 14.5 Å². The molecular formula is C28H36N6O3Si. The first kappa shape index (κ1) is 26.1. The molecule has 1 amide bonds. The highest BCUT2D eigenvalue weighted by atomic mass is 28.4. The van der Waals surface area contributed by atoms with Gasteiger partial charge >= 0.3 is 0 Å². The molecule has 4 heterocycles. The average Bonchev–Trinajstić information content (AvgIpc) is 3.56. The Morgan fingerprint density at radius 3 is 2.76 bits per heavy atom. The fourth-order valence-electron chi connectivity index (χ4n) is 4.56. The number of aromatic nitrogens is 4. The largest absolute Gasteiger partial charge is 0.444 e. The van der Waals surface area contributed by atoms with E-state index < -0.39 is 8.32 Å². The van der Waals surface area contributed by atoms with Crippen LogP contribution in [-0.2, 0) is 11.5 Å². The van der Waals surface area contributed by atoms with E-state index in [9.17, 15) is 4.79 Å². The van der Waals surface area contributed by atoms with Gasteiger partial charge in [0.2, 0.25) is 5.89 Å². The summed E-state index contributed by atoms with van der Waals surface area (Å²) >= 11 is 0. The predicted molar refractivity (Wildman–Crippen MR) is 152 cm³/mol. The molecule has 0 spiro atoms. The number of carbonyl (C=O) groups excluding carboxylic acids is 1. The van der Waals surface area contributed by atoms with Gasteiger partial charge in [0.1, 0.15) is 6.26 Å². The minimum absolute atomic E-state index is 0.151. The van der Waals surface area contributed by atoms with E-state index in [1.165, 1.54) is 6.26 Å². The van der Waals surface area contributed by atoms with Crippen molar-refractivity contribution in [2.24, 2.45) is 7.05 Å². The van der Waals surface area contributed by atoms with E-state index in [1.807, 2.05) is 44.4 Å². The molecule has 0 bridgehead atoms. The molecule has 200 valence electrons. The fraction of sp³-hybridized carbons (Fsp3) is 0.429. The van der Waals surface area contributed by atoms with Gasteiger partial charge in [-0.2, -0.15) is 5.10 Å². The Morgan fingerprint density at radius 1 is 1.24 bits per heavy atom. The molecule has 1 fully saturated rings. The molecule has 1 N–H and O–H groups in total. The lowest BCUT2D eigenvalue weighted by Crippen LogP contribution is -2.44. The molecule has 1 saturated heterocycles. The van der Waals surface area contributed by atoms with Crippen molar-refractivity contribution in [3.63, 3.8) is 0 Å². The number of nitrogens with one attached hydrogen (secondary N) is 1. The molecule has 0 saturated carbocycles. The maximum atomic E-state index is 13.3. The van der Waals surface area contributed by atoms with Crippen molar-refractivity contribution in [3.05, 3.63) is 54.3 Å². The third-order valence-corrected chi connectivity index (χ3v) is 12.2. The number of carbonyl (C=O) groups is 1. The van der Waals surface area contributed by atoms with Crippen LogP contribution in [-0.4, -0.2) is 53.2 Å². The van der Waals surface area contributed by atoms with Gasteiger partial charge in [0, 0.05) is 49.2 Å². The number of anilines is 2. The minimum atomic E-state index is -1.89. The summed E-state index contributed by atoms with van der Waals surface area (Å²) < 4.78 is 14.1. The molecule has 0 unspecified atom stereocenters. The number of rotatable bonds is 6. The number of fused-ring (bicyclic) bond motifs is 1. The van der Waals surface area contributed by atoms with Crippen LogP contribution >= 0.6 is 0 Å². The molecule has 1 aliphatic heterocycles. The van der Waals surface area contributed by atoms with Crippen LogP contribution in [0.4, 0.5) is 11.4 Å². The molecule has 3 aromatic heterocycles. The number of benzene rings is 1. The number of hydrogen-bond donors (Lipinski definition) is 1. The molecule has 10 heteroatoms. The van der Waals surface area contributed by atoms with Gasteiger partial charge in [-0.15, -0.1) is 0 Å². The third-order valence-electron chi connectivity index (χ3n) is 7.62. The monoisotopic (exact) mass is 532 g/mol. The summed E-state index contributed by atoms with van der Waals surface area (Å²) in [6.07, 6.45) is 6.13. The molecule has 5 rings (SSSR count). The quantitative estimate of drug-likeness (QED) is 0.314. The normalized spacial score (nSPS) is 16.4. The first-order valence-corrected chi connectivity index (χ1v) is 15.9. The standard InChI is InChI=1S/C28H36N6O3Si/c1-18-12-19(8-10-29-18)27-31-24(17-36-27)26(35)30-23-13-20-15-33(5)32-22(20)14-25(23)34-11-9-21(16-34)37-38(6,7)28(2,3)4/h8,10,12-15,17,21H,9,11,16H2,1-7H3,(H,30,35)/t21-/m0/s1. The van der Waals surface area contributed by atoms with E-state index in [0.717, 1.165) is 47.4 Å². The fourth-order valence-corrected chi connectivity index (χ4v) is 5.94. The lowest BCUT2D eigenvalue weighted by atomic mass is 10.2. The second-order valence-corrected chi connectivity index (χ2v) is 16.4. The van der Waals surface area contributed by atoms with Gasteiger partial charge in [-0.1, -0.05) is 20.8 Å². The number of amides is 1. The lowest BCUT2D eigenvalue weighted by Gasteiger charge is -2.38. The van der Waals surface area contributed by atoms with Crippen LogP contribution in [0.1, 0.15) is 43.4 Å². The third kappa shape index (κ3) is 5.23. The maximum absolute atomic E-state index is 13.3. The number of oxazole rings is 1. The van der Waals surface area contributed by atoms with E-state index >= 15 is 0 Å². The molecule has 4 aromatic rings. The van der Waals surface area contributed by atoms with Gasteiger partial charge < -0.3 is 19.1 Å². The molecule has 0 radical (unpaired) electrons. The highest BCUT2D eigenvalue weighted by Crippen LogP contribution is 2.40. The number of hydrogen-bond acceptors (Lipinski definition) is 7. The minimum Gasteiger partial charge on any atom is -0.444 e. The second-order valence-electron chi connectivity index (χ2n) is 11.6. The zero-order chi connectivity index (χ0) is 27.2. The Bertz CT molecular complexity index is 1490. The summed E-state index contributed by atoms with van der Waals surface area (Å²) in [5.41, 5.74) is 4.37. The summed E-state index contributed by atoms with van der Waals surface area (Å²) in [4.78, 5) is 24.2. The summed E-state index contributed by atoms with van der Waals surface area (Å²) in [6.45, 7) is 14.9. The molecular weight excluding hydrogens is 496 g/mol. The zero-order valence-electron chi connectivity index (χ0n) is 23.2. The highest BCUT2D eigenvalue weighted by molar-refractivity contribution is 6.74. The van der Waals surface area contributed by atoms with Crippen molar-refractivity contribution in [2.45, 2.75) is 58.4 Å². The smallest absolute Gasteiger partial charge is 0.277 e. The first-order valence-electron chi connectivity index (χ1n) is 13.0. The van der Waals surface area contributed by atoms with Gasteiger partial charge in [-0.25, -0.2) is 4.98 Å². The lowest BCUT2D eigenvalue weighted by molar-refractivity contribution is 0.102. The molecule has 1 atom stereocenters. The van der Waals surface area contributed by atoms with Crippen molar-refractivity contribution in [3.8, 4) is 11.5 Å². The summed E-state index contributed by atoms with van der Waals surface area (Å²) in [5, 5.41) is 8.79. The molecule has 1 aliphatic rings. The van der Waals surface area contributed by atoms with Gasteiger partial charge in [-0.05, 0) is 55.7 Å². The highest BCUT2D eigenvalue weighted by Gasteiger charge is 2.40. The number of nitrogens with zero attached hydrogens (tertiary/aromatic N) is 5. The predicted octanol–water partition coefficient (Wildman–Crippen LogP) is 5.78. The number of pyridine rings is 1. The van der Waals surface area contributed by atoms with Gasteiger partial charge in [0.05, 0.1) is 23.0 Å². The van der Waals surface area contributed by atoms with E-state index in [4.69, 9.17) is 8.84 Å². The topological polar surface area (TPSA) is 98.3 Å². The van der Waals surface area contributed by atoms with E-state index in [1.54, 1.807) is 10.9 Å². The molecule has 1 aromatic carbocycles. The van der Waals surface area contributed by atoms with Gasteiger partial charge in [0.15, 0.2) is 14.0 Å². The van der Waals surface area contributed by atoms with Crippen LogP contribution in [0.2, 0.25) is 18.1 Å². The van der Waals surface area contributed by atoms with Crippen molar-refractivity contribution in [1.82, 2.24) is 19.7 Å². The van der Waals surface area contributed by atoms with Gasteiger partial charge in [0.25, 0.3) is 5.91 Å². The molecule has 38 heavy (non-hydrogen) atoms. The summed E-state index contributed by atoms with van der Waals surface area (Å²) in [6, 6.07) is 7.71.